The number of H-pyrrole nitrogens is 1. The molecule has 1 saturated heterocycles. The fraction of sp³-hybridized carbons (Fsp3) is 0.355. The maximum Gasteiger partial charge on any atom is 0.255 e. The van der Waals surface area contributed by atoms with E-state index in [2.05, 4.69) is 17.2 Å². The van der Waals surface area contributed by atoms with Gasteiger partial charge in [-0.15, -0.1) is 0 Å². The average molecular weight is 580 g/mol. The Balaban J connectivity index is 1.13. The van der Waals surface area contributed by atoms with E-state index in [-0.39, 0.29) is 24.1 Å². The number of carbonyl (C=O) groups is 1. The molecular formula is C31H32Cl2N4O3. The van der Waals surface area contributed by atoms with Crippen LogP contribution in [0.5, 0.6) is 0 Å². The number of hydrogen-bond acceptors (Lipinski definition) is 5. The maximum atomic E-state index is 13.5. The van der Waals surface area contributed by atoms with Crippen LogP contribution < -0.4 is 5.32 Å². The summed E-state index contributed by atoms with van der Waals surface area (Å²) < 4.78 is 5.74. The number of amides is 1. The highest BCUT2D eigenvalue weighted by Crippen LogP contribution is 2.48. The van der Waals surface area contributed by atoms with Gasteiger partial charge in [-0.1, -0.05) is 59.6 Å². The van der Waals surface area contributed by atoms with Gasteiger partial charge in [0.1, 0.15) is 5.82 Å². The average Bonchev–Trinajstić information content (AvgIpc) is 3.36. The predicted molar refractivity (Wildman–Crippen MR) is 156 cm³/mol. The molecule has 2 fully saturated rings. The molecule has 1 aliphatic heterocycles. The number of aliphatic hydroxyl groups excluding tert-OH is 1. The van der Waals surface area contributed by atoms with Gasteiger partial charge in [0.2, 0.25) is 0 Å². The first-order valence-corrected chi connectivity index (χ1v) is 14.5. The van der Waals surface area contributed by atoms with Crippen LogP contribution in [0.3, 0.4) is 0 Å². The number of rotatable bonds is 9. The lowest BCUT2D eigenvalue weighted by Gasteiger charge is -2.29. The number of nitrogens with zero attached hydrogens (tertiary/aromatic N) is 2. The van der Waals surface area contributed by atoms with Crippen molar-refractivity contribution in [3.63, 3.8) is 0 Å². The van der Waals surface area contributed by atoms with Gasteiger partial charge in [-0.2, -0.15) is 0 Å². The highest BCUT2D eigenvalue weighted by molar-refractivity contribution is 6.34. The second-order valence-electron chi connectivity index (χ2n) is 10.8. The summed E-state index contributed by atoms with van der Waals surface area (Å²) in [6, 6.07) is 20.6. The Morgan fingerprint density at radius 2 is 1.98 bits per heavy atom. The SMILES string of the molecule is CC(NC1(c2ccc(C(=O)N3CCCC3C(O)OCc3ccccc3)c(Cl)c2)CC1)c1nc2ccc(Cl)cc2[nH]1. The molecule has 4 aromatic rings. The lowest BCUT2D eigenvalue weighted by molar-refractivity contribution is -0.139. The molecule has 3 N–H and O–H groups in total. The van der Waals surface area contributed by atoms with E-state index in [1.54, 1.807) is 4.90 Å². The van der Waals surface area contributed by atoms with Crippen molar-refractivity contribution in [2.45, 2.75) is 63.1 Å². The smallest absolute Gasteiger partial charge is 0.255 e. The summed E-state index contributed by atoms with van der Waals surface area (Å²) in [7, 11) is 0. The monoisotopic (exact) mass is 578 g/mol. The van der Waals surface area contributed by atoms with Gasteiger partial charge < -0.3 is 19.7 Å². The number of aliphatic hydroxyl groups is 1. The van der Waals surface area contributed by atoms with Crippen molar-refractivity contribution in [1.29, 1.82) is 0 Å². The van der Waals surface area contributed by atoms with E-state index >= 15 is 0 Å². The molecular weight excluding hydrogens is 547 g/mol. The summed E-state index contributed by atoms with van der Waals surface area (Å²) in [5.74, 6) is 0.656. The van der Waals surface area contributed by atoms with Gasteiger partial charge in [0.15, 0.2) is 6.29 Å². The predicted octanol–water partition coefficient (Wildman–Crippen LogP) is 6.35. The number of carbonyl (C=O) groups excluding carboxylic acids is 1. The summed E-state index contributed by atoms with van der Waals surface area (Å²) >= 11 is 12.9. The fourth-order valence-electron chi connectivity index (χ4n) is 5.68. The molecule has 1 aromatic heterocycles. The number of hydrogen-bond donors (Lipinski definition) is 3. The van der Waals surface area contributed by atoms with Crippen LogP contribution in [0.25, 0.3) is 11.0 Å². The number of aromatic amines is 1. The summed E-state index contributed by atoms with van der Waals surface area (Å²) in [6.45, 7) is 2.92. The van der Waals surface area contributed by atoms with Crippen LogP contribution in [0.2, 0.25) is 10.0 Å². The zero-order valence-corrected chi connectivity index (χ0v) is 23.8. The van der Waals surface area contributed by atoms with Crippen LogP contribution in [0.15, 0.2) is 66.7 Å². The van der Waals surface area contributed by atoms with Gasteiger partial charge >= 0.3 is 0 Å². The highest BCUT2D eigenvalue weighted by Gasteiger charge is 2.46. The Hall–Kier alpha value is -2.94. The van der Waals surface area contributed by atoms with E-state index in [9.17, 15) is 9.90 Å². The van der Waals surface area contributed by atoms with Crippen molar-refractivity contribution in [1.82, 2.24) is 20.2 Å². The summed E-state index contributed by atoms with van der Waals surface area (Å²) in [5, 5.41) is 15.6. The first kappa shape index (κ1) is 27.2. The third kappa shape index (κ3) is 5.49. The second-order valence-corrected chi connectivity index (χ2v) is 11.7. The second kappa shape index (κ2) is 11.1. The van der Waals surface area contributed by atoms with Gasteiger partial charge in [-0.25, -0.2) is 4.98 Å². The number of benzene rings is 3. The van der Waals surface area contributed by atoms with Gasteiger partial charge in [0, 0.05) is 17.1 Å². The minimum atomic E-state index is -1.07. The topological polar surface area (TPSA) is 90.5 Å². The first-order valence-electron chi connectivity index (χ1n) is 13.7. The Morgan fingerprint density at radius 3 is 2.73 bits per heavy atom. The van der Waals surface area contributed by atoms with E-state index in [1.165, 1.54) is 0 Å². The quantitative estimate of drug-likeness (QED) is 0.201. The lowest BCUT2D eigenvalue weighted by Crippen LogP contribution is -2.44. The molecule has 1 amide bonds. The van der Waals surface area contributed by atoms with Crippen LogP contribution in [0.1, 0.15) is 66.0 Å². The molecule has 3 aromatic carbocycles. The number of aromatic nitrogens is 2. The van der Waals surface area contributed by atoms with Crippen LogP contribution in [-0.4, -0.2) is 44.8 Å². The summed E-state index contributed by atoms with van der Waals surface area (Å²) in [6.07, 6.45) is 2.34. The lowest BCUT2D eigenvalue weighted by atomic mass is 10.0. The zero-order valence-electron chi connectivity index (χ0n) is 22.2. The molecule has 1 saturated carbocycles. The minimum Gasteiger partial charge on any atom is -0.366 e. The fourth-order valence-corrected chi connectivity index (χ4v) is 6.11. The number of fused-ring (bicyclic) bond motifs is 1. The van der Waals surface area contributed by atoms with Crippen molar-refractivity contribution < 1.29 is 14.6 Å². The third-order valence-electron chi connectivity index (χ3n) is 8.02. The number of nitrogens with one attached hydrogen (secondary N) is 2. The van der Waals surface area contributed by atoms with Crippen LogP contribution in [0, 0.1) is 0 Å². The Labute approximate surface area is 243 Å². The Bertz CT molecular complexity index is 1520. The molecule has 6 rings (SSSR count). The number of halogens is 2. The van der Waals surface area contributed by atoms with Gasteiger partial charge in [0.05, 0.1) is 40.3 Å². The van der Waals surface area contributed by atoms with Gasteiger partial charge in [-0.3, -0.25) is 10.1 Å². The molecule has 0 radical (unpaired) electrons. The van der Waals surface area contributed by atoms with E-state index in [1.807, 2.05) is 66.7 Å². The van der Waals surface area contributed by atoms with Crippen molar-refractivity contribution in [2.75, 3.05) is 6.54 Å². The largest absolute Gasteiger partial charge is 0.366 e. The maximum absolute atomic E-state index is 13.5. The Morgan fingerprint density at radius 1 is 1.18 bits per heavy atom. The molecule has 0 spiro atoms. The van der Waals surface area contributed by atoms with Gasteiger partial charge in [0.25, 0.3) is 5.91 Å². The van der Waals surface area contributed by atoms with E-state index in [0.717, 1.165) is 47.2 Å². The van der Waals surface area contributed by atoms with Gasteiger partial charge in [-0.05, 0) is 74.1 Å². The van der Waals surface area contributed by atoms with E-state index < -0.39 is 12.3 Å². The molecule has 9 heteroatoms. The first-order chi connectivity index (χ1) is 19.3. The van der Waals surface area contributed by atoms with E-state index in [0.29, 0.717) is 28.6 Å². The molecule has 2 aliphatic rings. The standard InChI is InChI=1S/C31H32Cl2N4O3/c1-19(28-34-25-12-10-22(32)17-26(25)35-28)36-31(13-14-31)21-9-11-23(24(33)16-21)29(38)37-15-5-8-27(37)30(39)40-18-20-6-3-2-4-7-20/h2-4,6-7,9-12,16-17,19,27,30,36,39H,5,8,13-15,18H2,1H3,(H,34,35). The van der Waals surface area contributed by atoms with Crippen molar-refractivity contribution in [3.05, 3.63) is 99.3 Å². The number of ether oxygens (including phenoxy) is 1. The highest BCUT2D eigenvalue weighted by atomic mass is 35.5. The normalized spacial score (nSPS) is 19.6. The van der Waals surface area contributed by atoms with E-state index in [4.69, 9.17) is 32.9 Å². The molecule has 1 aliphatic carbocycles. The zero-order chi connectivity index (χ0) is 27.9. The van der Waals surface area contributed by atoms with Crippen molar-refractivity contribution in [3.8, 4) is 0 Å². The molecule has 0 bridgehead atoms. The molecule has 2 heterocycles. The molecule has 3 unspecified atom stereocenters. The molecule has 208 valence electrons. The summed E-state index contributed by atoms with van der Waals surface area (Å²) in [4.78, 5) is 23.3. The Kier molecular flexibility index (Phi) is 7.59. The number of imidazole rings is 1. The van der Waals surface area contributed by atoms with Crippen LogP contribution in [-0.2, 0) is 16.9 Å². The molecule has 40 heavy (non-hydrogen) atoms. The van der Waals surface area contributed by atoms with Crippen molar-refractivity contribution in [2.24, 2.45) is 0 Å². The minimum absolute atomic E-state index is 0.0310. The third-order valence-corrected chi connectivity index (χ3v) is 8.57. The van der Waals surface area contributed by atoms with Crippen molar-refractivity contribution >= 4 is 40.1 Å². The van der Waals surface area contributed by atoms with Crippen LogP contribution >= 0.6 is 23.2 Å². The number of likely N-dealkylation sites (tertiary alicyclic amines) is 1. The molecule has 7 nitrogen and oxygen atoms in total. The van der Waals surface area contributed by atoms with Crippen LogP contribution in [0.4, 0.5) is 0 Å². The summed E-state index contributed by atoms with van der Waals surface area (Å²) in [5.41, 5.74) is 4.01. The molecule has 3 atom stereocenters.